The quantitative estimate of drug-likeness (QED) is 0.582. The smallest absolute Gasteiger partial charge is 0.243 e. The topological polar surface area (TPSA) is 70.7 Å². The molecule has 6 heteroatoms. The van der Waals surface area contributed by atoms with Gasteiger partial charge >= 0.3 is 0 Å². The molecule has 0 heterocycles. The van der Waals surface area contributed by atoms with Crippen LogP contribution in [-0.4, -0.2) is 44.0 Å². The minimum absolute atomic E-state index is 0.101. The number of nitrogens with zero attached hydrogens (tertiary/aromatic N) is 1. The molecule has 162 valence electrons. The minimum Gasteiger partial charge on any atom is -0.494 e. The molecule has 30 heavy (non-hydrogen) atoms. The highest BCUT2D eigenvalue weighted by Gasteiger charge is 2.06. The van der Waals surface area contributed by atoms with Crippen molar-refractivity contribution < 1.29 is 14.3 Å². The van der Waals surface area contributed by atoms with Gasteiger partial charge in [-0.1, -0.05) is 26.0 Å². The lowest BCUT2D eigenvalue weighted by Crippen LogP contribution is -2.22. The van der Waals surface area contributed by atoms with Crippen LogP contribution in [0.15, 0.2) is 48.5 Å². The van der Waals surface area contributed by atoms with Gasteiger partial charge in [0, 0.05) is 31.9 Å². The highest BCUT2D eigenvalue weighted by molar-refractivity contribution is 5.93. The Morgan fingerprint density at radius 1 is 1.03 bits per heavy atom. The van der Waals surface area contributed by atoms with E-state index in [9.17, 15) is 9.59 Å². The fourth-order valence-corrected chi connectivity index (χ4v) is 2.75. The zero-order chi connectivity index (χ0) is 21.9. The number of nitrogens with one attached hydrogen (secondary N) is 2. The van der Waals surface area contributed by atoms with Crippen LogP contribution in [0.3, 0.4) is 0 Å². The van der Waals surface area contributed by atoms with Crippen molar-refractivity contribution in [3.05, 3.63) is 54.1 Å². The summed E-state index contributed by atoms with van der Waals surface area (Å²) < 4.78 is 5.69. The van der Waals surface area contributed by atoms with Gasteiger partial charge in [0.05, 0.1) is 13.2 Å². The summed E-state index contributed by atoms with van der Waals surface area (Å²) in [6, 6.07) is 15.2. The Bertz CT molecular complexity index is 817. The van der Waals surface area contributed by atoms with Gasteiger partial charge < -0.3 is 20.3 Å². The number of amides is 2. The first-order valence-corrected chi connectivity index (χ1v) is 10.4. The van der Waals surface area contributed by atoms with Crippen LogP contribution in [0.5, 0.6) is 5.75 Å². The Hall–Kier alpha value is -3.02. The van der Waals surface area contributed by atoms with Crippen LogP contribution in [0.1, 0.15) is 32.3 Å². The lowest BCUT2D eigenvalue weighted by Gasteiger charge is -2.12. The summed E-state index contributed by atoms with van der Waals surface area (Å²) in [7, 11) is 3.51. The number of anilines is 2. The van der Waals surface area contributed by atoms with E-state index in [1.165, 1.54) is 0 Å². The van der Waals surface area contributed by atoms with Crippen LogP contribution in [0.4, 0.5) is 11.4 Å². The number of ether oxygens (including phenoxy) is 1. The third-order valence-corrected chi connectivity index (χ3v) is 4.61. The second-order valence-corrected chi connectivity index (χ2v) is 7.95. The van der Waals surface area contributed by atoms with Crippen LogP contribution in [0, 0.1) is 5.92 Å². The number of carbonyl (C=O) groups is 2. The molecule has 0 unspecified atom stereocenters. The SMILES string of the molecule is CC(C)CCOc1ccc(NC(=O)CNc2cccc(CCC(=O)N(C)C)c2)cc1. The molecule has 6 nitrogen and oxygen atoms in total. The molecule has 2 rings (SSSR count). The van der Waals surface area contributed by atoms with Gasteiger partial charge in [-0.25, -0.2) is 0 Å². The van der Waals surface area contributed by atoms with Crippen molar-refractivity contribution in [2.24, 2.45) is 5.92 Å². The Balaban J connectivity index is 1.77. The monoisotopic (exact) mass is 411 g/mol. The Labute approximate surface area is 179 Å². The summed E-state index contributed by atoms with van der Waals surface area (Å²) in [5.74, 6) is 1.38. The van der Waals surface area contributed by atoms with Crippen LogP contribution in [0.2, 0.25) is 0 Å². The van der Waals surface area contributed by atoms with Gasteiger partial charge in [0.15, 0.2) is 0 Å². The fourth-order valence-electron chi connectivity index (χ4n) is 2.75. The molecule has 2 aromatic rings. The second kappa shape index (κ2) is 11.9. The van der Waals surface area contributed by atoms with Crippen LogP contribution in [-0.2, 0) is 16.0 Å². The van der Waals surface area contributed by atoms with E-state index >= 15 is 0 Å². The molecule has 0 saturated carbocycles. The molecule has 0 aliphatic heterocycles. The summed E-state index contributed by atoms with van der Waals surface area (Å²) >= 11 is 0. The zero-order valence-electron chi connectivity index (χ0n) is 18.4. The molecule has 2 amide bonds. The average Bonchev–Trinajstić information content (AvgIpc) is 2.72. The van der Waals surface area contributed by atoms with Gasteiger partial charge in [0.1, 0.15) is 5.75 Å². The molecular formula is C24H33N3O3. The predicted octanol–water partition coefficient (Wildman–Crippen LogP) is 4.18. The molecule has 2 aromatic carbocycles. The highest BCUT2D eigenvalue weighted by atomic mass is 16.5. The number of benzene rings is 2. The average molecular weight is 412 g/mol. The molecule has 0 aromatic heterocycles. The van der Waals surface area contributed by atoms with E-state index in [-0.39, 0.29) is 18.4 Å². The maximum atomic E-state index is 12.2. The van der Waals surface area contributed by atoms with Crippen molar-refractivity contribution in [1.29, 1.82) is 0 Å². The molecule has 0 aliphatic carbocycles. The van der Waals surface area contributed by atoms with Crippen LogP contribution >= 0.6 is 0 Å². The van der Waals surface area contributed by atoms with Gasteiger partial charge in [-0.2, -0.15) is 0 Å². The fraction of sp³-hybridized carbons (Fsp3) is 0.417. The van der Waals surface area contributed by atoms with Crippen molar-refractivity contribution in [1.82, 2.24) is 4.90 Å². The number of hydrogen-bond donors (Lipinski definition) is 2. The molecule has 0 radical (unpaired) electrons. The van der Waals surface area contributed by atoms with Crippen LogP contribution < -0.4 is 15.4 Å². The lowest BCUT2D eigenvalue weighted by molar-refractivity contribution is -0.128. The molecule has 0 aliphatic rings. The van der Waals surface area contributed by atoms with Crippen molar-refractivity contribution in [3.63, 3.8) is 0 Å². The van der Waals surface area contributed by atoms with Crippen molar-refractivity contribution in [2.45, 2.75) is 33.1 Å². The van der Waals surface area contributed by atoms with Gasteiger partial charge in [0.2, 0.25) is 11.8 Å². The first-order valence-electron chi connectivity index (χ1n) is 10.4. The van der Waals surface area contributed by atoms with Gasteiger partial charge in [0.25, 0.3) is 0 Å². The summed E-state index contributed by atoms with van der Waals surface area (Å²) in [5.41, 5.74) is 2.64. The lowest BCUT2D eigenvalue weighted by atomic mass is 10.1. The Morgan fingerprint density at radius 3 is 2.43 bits per heavy atom. The molecule has 0 spiro atoms. The minimum atomic E-state index is -0.128. The first kappa shape index (κ1) is 23.3. The van der Waals surface area contributed by atoms with Gasteiger partial charge in [-0.3, -0.25) is 9.59 Å². The Morgan fingerprint density at radius 2 is 1.77 bits per heavy atom. The maximum absolute atomic E-state index is 12.2. The summed E-state index contributed by atoms with van der Waals surface area (Å²) in [6.07, 6.45) is 2.15. The first-order chi connectivity index (χ1) is 14.3. The Kier molecular flexibility index (Phi) is 9.19. The van der Waals surface area contributed by atoms with Crippen LogP contribution in [0.25, 0.3) is 0 Å². The van der Waals surface area contributed by atoms with E-state index < -0.39 is 0 Å². The van der Waals surface area contributed by atoms with Crippen molar-refractivity contribution >= 4 is 23.2 Å². The number of rotatable bonds is 11. The van der Waals surface area contributed by atoms with E-state index in [2.05, 4.69) is 24.5 Å². The summed E-state index contributed by atoms with van der Waals surface area (Å²) in [4.78, 5) is 25.6. The van der Waals surface area contributed by atoms with Gasteiger partial charge in [-0.05, 0) is 60.7 Å². The number of carbonyl (C=O) groups excluding carboxylic acids is 2. The summed E-state index contributed by atoms with van der Waals surface area (Å²) in [5, 5.41) is 6.01. The van der Waals surface area contributed by atoms with E-state index in [0.717, 1.165) is 29.1 Å². The largest absolute Gasteiger partial charge is 0.494 e. The molecule has 0 atom stereocenters. The third-order valence-electron chi connectivity index (χ3n) is 4.61. The van der Waals surface area contributed by atoms with Crippen molar-refractivity contribution in [3.8, 4) is 5.75 Å². The van der Waals surface area contributed by atoms with E-state index in [0.29, 0.717) is 25.4 Å². The molecule has 0 saturated heterocycles. The molecule has 2 N–H and O–H groups in total. The highest BCUT2D eigenvalue weighted by Crippen LogP contribution is 2.17. The van der Waals surface area contributed by atoms with Crippen molar-refractivity contribution in [2.75, 3.05) is 37.9 Å². The number of hydrogen-bond acceptors (Lipinski definition) is 4. The van der Waals surface area contributed by atoms with E-state index in [1.807, 2.05) is 48.5 Å². The van der Waals surface area contributed by atoms with E-state index in [4.69, 9.17) is 4.74 Å². The second-order valence-electron chi connectivity index (χ2n) is 7.95. The molecular weight excluding hydrogens is 378 g/mol. The number of aryl methyl sites for hydroxylation is 1. The van der Waals surface area contributed by atoms with E-state index in [1.54, 1.807) is 19.0 Å². The maximum Gasteiger partial charge on any atom is 0.243 e. The summed E-state index contributed by atoms with van der Waals surface area (Å²) in [6.45, 7) is 5.18. The predicted molar refractivity (Wildman–Crippen MR) is 122 cm³/mol. The molecule has 0 fully saturated rings. The van der Waals surface area contributed by atoms with Gasteiger partial charge in [-0.15, -0.1) is 0 Å². The third kappa shape index (κ3) is 8.55. The molecule has 0 bridgehead atoms. The standard InChI is InChI=1S/C24H33N3O3/c1-18(2)14-15-30-22-11-9-20(10-12-22)26-23(28)17-25-21-7-5-6-19(16-21)8-13-24(29)27(3)4/h5-7,9-12,16,18,25H,8,13-15,17H2,1-4H3,(H,26,28). The zero-order valence-corrected chi connectivity index (χ0v) is 18.4. The normalized spacial score (nSPS) is 10.6.